The van der Waals surface area contributed by atoms with Gasteiger partial charge < -0.3 is 19.7 Å². The van der Waals surface area contributed by atoms with Gasteiger partial charge in [0, 0.05) is 36.6 Å². The van der Waals surface area contributed by atoms with Crippen LogP contribution in [0, 0.1) is 0 Å². The van der Waals surface area contributed by atoms with Crippen molar-refractivity contribution in [2.75, 3.05) is 36.5 Å². The second kappa shape index (κ2) is 6.66. The molecule has 2 saturated heterocycles. The van der Waals surface area contributed by atoms with E-state index in [2.05, 4.69) is 36.1 Å². The molecule has 0 saturated carbocycles. The fraction of sp³-hybridized carbons (Fsp3) is 0.412. The average Bonchev–Trinajstić information content (AvgIpc) is 3.06. The van der Waals surface area contributed by atoms with Crippen molar-refractivity contribution in [3.63, 3.8) is 0 Å². The summed E-state index contributed by atoms with van der Waals surface area (Å²) in [5.74, 6) is 1.14. The van der Waals surface area contributed by atoms with Crippen molar-refractivity contribution in [2.24, 2.45) is 0 Å². The second-order valence-corrected chi connectivity index (χ2v) is 6.80. The monoisotopic (exact) mass is 390 g/mol. The molecule has 24 heavy (non-hydrogen) atoms. The Kier molecular flexibility index (Phi) is 4.39. The highest BCUT2D eigenvalue weighted by atomic mass is 79.9. The van der Waals surface area contributed by atoms with E-state index in [1.165, 1.54) is 0 Å². The number of piperidine rings is 1. The molecule has 1 aromatic carbocycles. The standard InChI is InChI=1S/C17H19BrN4O2/c18-13-3-1-2-4-14(13)20-15-5-8-19-16(21-15)22-9-6-17(7-10-22)23-11-12-24-17/h1-5,8H,6-7,9-12H2,(H,19,20,21). The Morgan fingerprint density at radius 1 is 1.08 bits per heavy atom. The van der Waals surface area contributed by atoms with Crippen molar-refractivity contribution in [3.05, 3.63) is 41.0 Å². The van der Waals surface area contributed by atoms with Crippen molar-refractivity contribution in [1.82, 2.24) is 9.97 Å². The summed E-state index contributed by atoms with van der Waals surface area (Å²) in [4.78, 5) is 11.3. The molecule has 7 heteroatoms. The smallest absolute Gasteiger partial charge is 0.227 e. The minimum atomic E-state index is -0.374. The topological polar surface area (TPSA) is 59.5 Å². The highest BCUT2D eigenvalue weighted by Crippen LogP contribution is 2.32. The van der Waals surface area contributed by atoms with Gasteiger partial charge in [-0.15, -0.1) is 0 Å². The van der Waals surface area contributed by atoms with Gasteiger partial charge in [0.05, 0.1) is 18.9 Å². The highest BCUT2D eigenvalue weighted by molar-refractivity contribution is 9.10. The Bertz CT molecular complexity index is 711. The normalized spacial score (nSPS) is 19.6. The van der Waals surface area contributed by atoms with E-state index >= 15 is 0 Å². The highest BCUT2D eigenvalue weighted by Gasteiger charge is 2.40. The van der Waals surface area contributed by atoms with Crippen LogP contribution in [0.3, 0.4) is 0 Å². The van der Waals surface area contributed by atoms with Crippen molar-refractivity contribution in [2.45, 2.75) is 18.6 Å². The zero-order valence-corrected chi connectivity index (χ0v) is 14.8. The van der Waals surface area contributed by atoms with Crippen LogP contribution in [0.15, 0.2) is 41.0 Å². The van der Waals surface area contributed by atoms with Crippen LogP contribution in [0.1, 0.15) is 12.8 Å². The molecule has 0 unspecified atom stereocenters. The Labute approximate surface area is 149 Å². The molecule has 1 N–H and O–H groups in total. The van der Waals surface area contributed by atoms with Gasteiger partial charge in [-0.25, -0.2) is 4.98 Å². The zero-order chi connectivity index (χ0) is 16.4. The Balaban J connectivity index is 1.46. The van der Waals surface area contributed by atoms with E-state index in [0.717, 1.165) is 47.9 Å². The first kappa shape index (κ1) is 15.8. The van der Waals surface area contributed by atoms with Crippen molar-refractivity contribution < 1.29 is 9.47 Å². The zero-order valence-electron chi connectivity index (χ0n) is 13.2. The van der Waals surface area contributed by atoms with Crippen LogP contribution in [-0.4, -0.2) is 42.1 Å². The Morgan fingerprint density at radius 2 is 1.83 bits per heavy atom. The average molecular weight is 391 g/mol. The predicted octanol–water partition coefficient (Wildman–Crippen LogP) is 3.33. The molecule has 1 spiro atoms. The van der Waals surface area contributed by atoms with Gasteiger partial charge in [-0.05, 0) is 34.1 Å². The van der Waals surface area contributed by atoms with Crippen LogP contribution in [0.2, 0.25) is 0 Å². The Morgan fingerprint density at radius 3 is 2.58 bits per heavy atom. The SMILES string of the molecule is Brc1ccccc1Nc1ccnc(N2CCC3(CC2)OCCO3)n1. The van der Waals surface area contributed by atoms with E-state index in [9.17, 15) is 0 Å². The third kappa shape index (κ3) is 3.24. The summed E-state index contributed by atoms with van der Waals surface area (Å²) in [7, 11) is 0. The number of anilines is 3. The fourth-order valence-corrected chi connectivity index (χ4v) is 3.49. The maximum Gasteiger partial charge on any atom is 0.227 e. The number of para-hydroxylation sites is 1. The quantitative estimate of drug-likeness (QED) is 0.867. The first-order valence-corrected chi connectivity index (χ1v) is 8.91. The van der Waals surface area contributed by atoms with E-state index in [-0.39, 0.29) is 5.79 Å². The van der Waals surface area contributed by atoms with Gasteiger partial charge in [-0.2, -0.15) is 4.98 Å². The molecule has 6 nitrogen and oxygen atoms in total. The van der Waals surface area contributed by atoms with E-state index in [1.807, 2.05) is 30.3 Å². The lowest BCUT2D eigenvalue weighted by Crippen LogP contribution is -2.45. The van der Waals surface area contributed by atoms with Gasteiger partial charge in [0.2, 0.25) is 5.95 Å². The van der Waals surface area contributed by atoms with Crippen LogP contribution in [-0.2, 0) is 9.47 Å². The maximum atomic E-state index is 5.77. The number of rotatable bonds is 3. The molecule has 2 aliphatic heterocycles. The third-order valence-corrected chi connectivity index (χ3v) is 5.09. The van der Waals surface area contributed by atoms with Gasteiger partial charge in [0.15, 0.2) is 5.79 Å². The van der Waals surface area contributed by atoms with Gasteiger partial charge in [-0.1, -0.05) is 12.1 Å². The first-order chi connectivity index (χ1) is 11.7. The molecular formula is C17H19BrN4O2. The number of ether oxygens (including phenoxy) is 2. The number of benzene rings is 1. The molecule has 4 rings (SSSR count). The summed E-state index contributed by atoms with van der Waals surface area (Å²) in [6.07, 6.45) is 3.48. The molecule has 2 aliphatic rings. The van der Waals surface area contributed by atoms with Gasteiger partial charge >= 0.3 is 0 Å². The second-order valence-electron chi connectivity index (χ2n) is 5.94. The number of aromatic nitrogens is 2. The molecule has 0 atom stereocenters. The summed E-state index contributed by atoms with van der Waals surface area (Å²) in [5, 5.41) is 3.33. The summed E-state index contributed by atoms with van der Waals surface area (Å²) in [6, 6.07) is 9.84. The van der Waals surface area contributed by atoms with Crippen LogP contribution in [0.4, 0.5) is 17.5 Å². The molecule has 0 aliphatic carbocycles. The van der Waals surface area contributed by atoms with E-state index < -0.39 is 0 Å². The summed E-state index contributed by atoms with van der Waals surface area (Å²) < 4.78 is 12.5. The molecule has 2 fully saturated rings. The lowest BCUT2D eigenvalue weighted by atomic mass is 10.0. The molecule has 126 valence electrons. The summed E-state index contributed by atoms with van der Waals surface area (Å²) >= 11 is 3.54. The number of nitrogens with one attached hydrogen (secondary N) is 1. The van der Waals surface area contributed by atoms with E-state index in [1.54, 1.807) is 6.20 Å². The van der Waals surface area contributed by atoms with E-state index in [4.69, 9.17) is 9.47 Å². The van der Waals surface area contributed by atoms with Crippen LogP contribution >= 0.6 is 15.9 Å². The van der Waals surface area contributed by atoms with Crippen molar-refractivity contribution in [1.29, 1.82) is 0 Å². The number of nitrogens with zero attached hydrogens (tertiary/aromatic N) is 3. The minimum Gasteiger partial charge on any atom is -0.347 e. The largest absolute Gasteiger partial charge is 0.347 e. The van der Waals surface area contributed by atoms with Gasteiger partial charge in [-0.3, -0.25) is 0 Å². The third-order valence-electron chi connectivity index (χ3n) is 4.40. The van der Waals surface area contributed by atoms with E-state index in [0.29, 0.717) is 13.2 Å². The molecule has 2 aromatic rings. The maximum absolute atomic E-state index is 5.77. The first-order valence-electron chi connectivity index (χ1n) is 8.12. The summed E-state index contributed by atoms with van der Waals surface area (Å²) in [6.45, 7) is 3.06. The summed E-state index contributed by atoms with van der Waals surface area (Å²) in [5.41, 5.74) is 0.979. The van der Waals surface area contributed by atoms with Crippen LogP contribution < -0.4 is 10.2 Å². The van der Waals surface area contributed by atoms with Crippen molar-refractivity contribution in [3.8, 4) is 0 Å². The number of halogens is 1. The number of hydrogen-bond donors (Lipinski definition) is 1. The predicted molar refractivity (Wildman–Crippen MR) is 95.5 cm³/mol. The molecular weight excluding hydrogens is 372 g/mol. The minimum absolute atomic E-state index is 0.374. The lowest BCUT2D eigenvalue weighted by molar-refractivity contribution is -0.169. The van der Waals surface area contributed by atoms with Crippen LogP contribution in [0.5, 0.6) is 0 Å². The molecule has 0 radical (unpaired) electrons. The molecule has 1 aromatic heterocycles. The molecule has 0 bridgehead atoms. The number of hydrogen-bond acceptors (Lipinski definition) is 6. The Hall–Kier alpha value is -1.70. The van der Waals surface area contributed by atoms with Crippen LogP contribution in [0.25, 0.3) is 0 Å². The molecule has 3 heterocycles. The lowest BCUT2D eigenvalue weighted by Gasteiger charge is -2.37. The fourth-order valence-electron chi connectivity index (χ4n) is 3.10. The van der Waals surface area contributed by atoms with Gasteiger partial charge in [0.1, 0.15) is 5.82 Å². The molecule has 0 amide bonds. The van der Waals surface area contributed by atoms with Gasteiger partial charge in [0.25, 0.3) is 0 Å². The van der Waals surface area contributed by atoms with Crippen molar-refractivity contribution >= 4 is 33.4 Å².